The molecule has 1 heterocycles. The molecule has 0 unspecified atom stereocenters. The first-order chi connectivity index (χ1) is 10.1. The van der Waals surface area contributed by atoms with E-state index in [0.29, 0.717) is 6.54 Å². The molecular weight excluding hydrogens is 264 g/mol. The number of aryl methyl sites for hydroxylation is 2. The molecule has 0 radical (unpaired) electrons. The number of hydrogen-bond donors (Lipinski definition) is 1. The molecule has 1 amide bonds. The number of amides is 1. The summed E-state index contributed by atoms with van der Waals surface area (Å²) in [5.74, 6) is 0.0495. The van der Waals surface area contributed by atoms with E-state index in [1.807, 2.05) is 7.05 Å². The highest BCUT2D eigenvalue weighted by Crippen LogP contribution is 2.13. The smallest absolute Gasteiger partial charge is 0.248 e. The SMILES string of the molecule is Cc1ccc(CN(C)C(=O)COC2CCNCC2)c(C)c1. The van der Waals surface area contributed by atoms with E-state index in [4.69, 9.17) is 4.74 Å². The summed E-state index contributed by atoms with van der Waals surface area (Å²) in [6.07, 6.45) is 2.21. The number of piperidine rings is 1. The van der Waals surface area contributed by atoms with Crippen LogP contribution < -0.4 is 5.32 Å². The van der Waals surface area contributed by atoms with Crippen LogP contribution in [0.2, 0.25) is 0 Å². The number of rotatable bonds is 5. The first-order valence-corrected chi connectivity index (χ1v) is 7.68. The maximum atomic E-state index is 12.2. The minimum atomic E-state index is 0.0495. The molecule has 0 aromatic heterocycles. The molecule has 4 heteroatoms. The van der Waals surface area contributed by atoms with Crippen molar-refractivity contribution >= 4 is 5.91 Å². The summed E-state index contributed by atoms with van der Waals surface area (Å²) in [6.45, 7) is 6.96. The molecule has 116 valence electrons. The fourth-order valence-electron chi connectivity index (χ4n) is 2.63. The fourth-order valence-corrected chi connectivity index (χ4v) is 2.63. The molecule has 0 bridgehead atoms. The van der Waals surface area contributed by atoms with Crippen molar-refractivity contribution in [2.24, 2.45) is 0 Å². The number of ether oxygens (including phenoxy) is 1. The summed E-state index contributed by atoms with van der Waals surface area (Å²) >= 11 is 0. The van der Waals surface area contributed by atoms with Gasteiger partial charge < -0.3 is 15.0 Å². The highest BCUT2D eigenvalue weighted by molar-refractivity contribution is 5.77. The van der Waals surface area contributed by atoms with Gasteiger partial charge in [-0.15, -0.1) is 0 Å². The zero-order valence-corrected chi connectivity index (χ0v) is 13.3. The Labute approximate surface area is 127 Å². The van der Waals surface area contributed by atoms with Gasteiger partial charge in [-0.05, 0) is 50.9 Å². The van der Waals surface area contributed by atoms with Gasteiger partial charge in [0, 0.05) is 13.6 Å². The van der Waals surface area contributed by atoms with Crippen LogP contribution in [0.3, 0.4) is 0 Å². The topological polar surface area (TPSA) is 41.6 Å². The largest absolute Gasteiger partial charge is 0.368 e. The molecule has 0 spiro atoms. The van der Waals surface area contributed by atoms with Crippen molar-refractivity contribution in [1.82, 2.24) is 10.2 Å². The second-order valence-corrected chi connectivity index (χ2v) is 5.94. The van der Waals surface area contributed by atoms with Crippen molar-refractivity contribution in [3.63, 3.8) is 0 Å². The molecular formula is C17H26N2O2. The molecule has 1 aromatic carbocycles. The Morgan fingerprint density at radius 3 is 2.71 bits per heavy atom. The molecule has 0 atom stereocenters. The quantitative estimate of drug-likeness (QED) is 0.902. The van der Waals surface area contributed by atoms with Gasteiger partial charge in [0.05, 0.1) is 6.10 Å². The normalized spacial score (nSPS) is 16.0. The number of benzene rings is 1. The maximum Gasteiger partial charge on any atom is 0.248 e. The van der Waals surface area contributed by atoms with Crippen LogP contribution in [-0.4, -0.2) is 43.7 Å². The third kappa shape index (κ3) is 4.83. The second kappa shape index (κ2) is 7.57. The van der Waals surface area contributed by atoms with Crippen LogP contribution in [0, 0.1) is 13.8 Å². The van der Waals surface area contributed by atoms with E-state index >= 15 is 0 Å². The predicted octanol–water partition coefficient (Wildman–Crippen LogP) is 2.03. The number of carbonyl (C=O) groups excluding carboxylic acids is 1. The zero-order valence-electron chi connectivity index (χ0n) is 13.3. The van der Waals surface area contributed by atoms with Crippen molar-refractivity contribution in [2.45, 2.75) is 39.3 Å². The number of nitrogens with one attached hydrogen (secondary N) is 1. The Bertz CT molecular complexity index is 482. The number of nitrogens with zero attached hydrogens (tertiary/aromatic N) is 1. The predicted molar refractivity (Wildman–Crippen MR) is 84.2 cm³/mol. The molecule has 4 nitrogen and oxygen atoms in total. The highest BCUT2D eigenvalue weighted by Gasteiger charge is 2.17. The minimum absolute atomic E-state index is 0.0495. The zero-order chi connectivity index (χ0) is 15.2. The van der Waals surface area contributed by atoms with Crippen molar-refractivity contribution in [3.8, 4) is 0 Å². The Morgan fingerprint density at radius 2 is 2.05 bits per heavy atom. The molecule has 2 rings (SSSR count). The molecule has 1 N–H and O–H groups in total. The van der Waals surface area contributed by atoms with Gasteiger partial charge in [0.2, 0.25) is 5.91 Å². The molecule has 1 aliphatic heterocycles. The van der Waals surface area contributed by atoms with E-state index in [1.54, 1.807) is 4.90 Å². The van der Waals surface area contributed by atoms with Gasteiger partial charge in [0.1, 0.15) is 6.61 Å². The van der Waals surface area contributed by atoms with E-state index in [2.05, 4.69) is 37.4 Å². The first-order valence-electron chi connectivity index (χ1n) is 7.68. The van der Waals surface area contributed by atoms with Crippen molar-refractivity contribution in [1.29, 1.82) is 0 Å². The lowest BCUT2D eigenvalue weighted by Gasteiger charge is -2.24. The van der Waals surface area contributed by atoms with Gasteiger partial charge >= 0.3 is 0 Å². The Balaban J connectivity index is 1.81. The summed E-state index contributed by atoms with van der Waals surface area (Å²) in [7, 11) is 1.84. The number of hydrogen-bond acceptors (Lipinski definition) is 3. The van der Waals surface area contributed by atoms with Gasteiger partial charge in [-0.1, -0.05) is 23.8 Å². The van der Waals surface area contributed by atoms with E-state index in [1.165, 1.54) is 16.7 Å². The van der Waals surface area contributed by atoms with Gasteiger partial charge in [-0.3, -0.25) is 4.79 Å². The molecule has 0 aliphatic carbocycles. The van der Waals surface area contributed by atoms with Crippen LogP contribution in [0.5, 0.6) is 0 Å². The standard InChI is InChI=1S/C17H26N2O2/c1-13-4-5-15(14(2)10-13)11-19(3)17(20)12-21-16-6-8-18-9-7-16/h4-5,10,16,18H,6-9,11-12H2,1-3H3. The summed E-state index contributed by atoms with van der Waals surface area (Å²) in [4.78, 5) is 13.9. The molecule has 1 fully saturated rings. The average Bonchev–Trinajstić information content (AvgIpc) is 2.48. The van der Waals surface area contributed by atoms with Crippen molar-refractivity contribution in [3.05, 3.63) is 34.9 Å². The number of carbonyl (C=O) groups is 1. The Kier molecular flexibility index (Phi) is 5.76. The van der Waals surface area contributed by atoms with Gasteiger partial charge in [-0.25, -0.2) is 0 Å². The van der Waals surface area contributed by atoms with E-state index < -0.39 is 0 Å². The maximum absolute atomic E-state index is 12.2. The summed E-state index contributed by atoms with van der Waals surface area (Å²) in [5, 5.41) is 3.29. The van der Waals surface area contributed by atoms with Gasteiger partial charge in [0.15, 0.2) is 0 Å². The van der Waals surface area contributed by atoms with Crippen LogP contribution in [0.25, 0.3) is 0 Å². The minimum Gasteiger partial charge on any atom is -0.368 e. The van der Waals surface area contributed by atoms with Gasteiger partial charge in [-0.2, -0.15) is 0 Å². The van der Waals surface area contributed by atoms with Crippen LogP contribution in [0.1, 0.15) is 29.5 Å². The van der Waals surface area contributed by atoms with Crippen molar-refractivity contribution < 1.29 is 9.53 Å². The van der Waals surface area contributed by atoms with E-state index in [-0.39, 0.29) is 18.6 Å². The monoisotopic (exact) mass is 290 g/mol. The van der Waals surface area contributed by atoms with Crippen LogP contribution in [0.15, 0.2) is 18.2 Å². The third-order valence-corrected chi connectivity index (χ3v) is 4.06. The first kappa shape index (κ1) is 16.0. The lowest BCUT2D eigenvalue weighted by Crippen LogP contribution is -2.36. The summed E-state index contributed by atoms with van der Waals surface area (Å²) in [6, 6.07) is 6.34. The van der Waals surface area contributed by atoms with Crippen LogP contribution in [-0.2, 0) is 16.1 Å². The molecule has 1 saturated heterocycles. The summed E-state index contributed by atoms with van der Waals surface area (Å²) < 4.78 is 5.72. The van der Waals surface area contributed by atoms with Crippen LogP contribution >= 0.6 is 0 Å². The average molecular weight is 290 g/mol. The van der Waals surface area contributed by atoms with Gasteiger partial charge in [0.25, 0.3) is 0 Å². The molecule has 21 heavy (non-hydrogen) atoms. The summed E-state index contributed by atoms with van der Waals surface area (Å²) in [5.41, 5.74) is 3.67. The third-order valence-electron chi connectivity index (χ3n) is 4.06. The highest BCUT2D eigenvalue weighted by atomic mass is 16.5. The lowest BCUT2D eigenvalue weighted by atomic mass is 10.1. The van der Waals surface area contributed by atoms with Crippen molar-refractivity contribution in [2.75, 3.05) is 26.7 Å². The van der Waals surface area contributed by atoms with E-state index in [0.717, 1.165) is 25.9 Å². The van der Waals surface area contributed by atoms with Crippen LogP contribution in [0.4, 0.5) is 0 Å². The lowest BCUT2D eigenvalue weighted by molar-refractivity contribution is -0.137. The Morgan fingerprint density at radius 1 is 1.33 bits per heavy atom. The Hall–Kier alpha value is -1.39. The fraction of sp³-hybridized carbons (Fsp3) is 0.588. The number of likely N-dealkylation sites (N-methyl/N-ethyl adjacent to an activating group) is 1. The van der Waals surface area contributed by atoms with E-state index in [9.17, 15) is 4.79 Å². The molecule has 1 aromatic rings. The second-order valence-electron chi connectivity index (χ2n) is 5.94. The molecule has 0 saturated carbocycles. The molecule has 1 aliphatic rings.